The minimum Gasteiger partial charge on any atom is -0.378 e. The van der Waals surface area contributed by atoms with Crippen molar-refractivity contribution in [3.05, 3.63) is 134 Å². The summed E-state index contributed by atoms with van der Waals surface area (Å²) in [6.07, 6.45) is 0. The molecule has 6 nitrogen and oxygen atoms in total. The molecule has 235 valence electrons. The zero-order valence-corrected chi connectivity index (χ0v) is 29.9. The van der Waals surface area contributed by atoms with E-state index in [4.69, 9.17) is 6.70 Å². The fraction of sp³-hybridized carbons (Fsp3) is 0.222. The molecule has 0 aromatic heterocycles. The summed E-state index contributed by atoms with van der Waals surface area (Å²) in [6, 6.07) is 33.2. The van der Waals surface area contributed by atoms with Crippen LogP contribution in [0.5, 0.6) is 5.75 Å². The highest BCUT2D eigenvalue weighted by atomic mass is 127. The van der Waals surface area contributed by atoms with Gasteiger partial charge in [0.1, 0.15) is 9.79 Å². The summed E-state index contributed by atoms with van der Waals surface area (Å²) in [4.78, 5) is -0.0545. The minimum atomic E-state index is -4.31. The maximum Gasteiger partial charge on any atom is 0.339 e. The van der Waals surface area contributed by atoms with E-state index in [0.29, 0.717) is 10.8 Å². The molecule has 0 fully saturated rings. The first kappa shape index (κ1) is 33.1. The van der Waals surface area contributed by atoms with Crippen molar-refractivity contribution in [2.75, 3.05) is 0 Å². The van der Waals surface area contributed by atoms with Gasteiger partial charge in [-0.2, -0.15) is 16.8 Å². The molecule has 9 heteroatoms. The first-order valence-electron chi connectivity index (χ1n) is 14.4. The molecule has 0 heterocycles. The molecule has 0 aliphatic carbocycles. The van der Waals surface area contributed by atoms with Crippen molar-refractivity contribution in [3.8, 4) is 5.75 Å². The minimum absolute atomic E-state index is 0.00122. The Bertz CT molecular complexity index is 1970. The highest BCUT2D eigenvalue weighted by Crippen LogP contribution is 2.32. The molecule has 0 amide bonds. The van der Waals surface area contributed by atoms with Crippen LogP contribution in [-0.4, -0.2) is 16.8 Å². The summed E-state index contributed by atoms with van der Waals surface area (Å²) in [5.74, 6) is 0.0271. The van der Waals surface area contributed by atoms with Crippen molar-refractivity contribution in [1.82, 2.24) is 0 Å². The van der Waals surface area contributed by atoms with Gasteiger partial charge < -0.3 is 4.18 Å². The molecule has 5 aromatic rings. The van der Waals surface area contributed by atoms with Gasteiger partial charge in [0.2, 0.25) is 0 Å². The Kier molecular flexibility index (Phi) is 9.21. The van der Waals surface area contributed by atoms with Gasteiger partial charge >= 0.3 is 40.5 Å². The zero-order valence-electron chi connectivity index (χ0n) is 26.1. The van der Waals surface area contributed by atoms with Crippen molar-refractivity contribution in [2.45, 2.75) is 62.2 Å². The predicted molar refractivity (Wildman–Crippen MR) is 174 cm³/mol. The SMILES string of the molecule is CC(C)(C)c1ccc([I+](OS(=O)(=O)c2cccc3c(OS(=O)(=O)c4ccccc4)cccc23)c2ccc(C(C)(C)C)cc2)cc1. The van der Waals surface area contributed by atoms with Gasteiger partial charge in [-0.05, 0) is 73.0 Å². The lowest BCUT2D eigenvalue weighted by atomic mass is 9.87. The maximum absolute atomic E-state index is 14.1. The Balaban J connectivity index is 1.57. The van der Waals surface area contributed by atoms with Crippen LogP contribution in [0, 0.1) is 7.14 Å². The third kappa shape index (κ3) is 7.43. The van der Waals surface area contributed by atoms with Gasteiger partial charge in [0.15, 0.2) is 12.9 Å². The first-order chi connectivity index (χ1) is 21.1. The summed E-state index contributed by atoms with van der Waals surface area (Å²) in [7, 11) is -8.45. The van der Waals surface area contributed by atoms with E-state index in [1.54, 1.807) is 42.5 Å². The van der Waals surface area contributed by atoms with Crippen molar-refractivity contribution in [2.24, 2.45) is 0 Å². The summed E-state index contributed by atoms with van der Waals surface area (Å²) in [5.41, 5.74) is 2.16. The molecular weight excluding hydrogens is 719 g/mol. The zero-order chi connectivity index (χ0) is 32.6. The third-order valence-corrected chi connectivity index (χ3v) is 15.9. The summed E-state index contributed by atoms with van der Waals surface area (Å²) in [6.45, 7) is 12.8. The van der Waals surface area contributed by atoms with Crippen LogP contribution in [0.15, 0.2) is 125 Å². The lowest BCUT2D eigenvalue weighted by molar-refractivity contribution is -1.03. The number of benzene rings is 5. The van der Waals surface area contributed by atoms with Crippen molar-refractivity contribution in [3.63, 3.8) is 0 Å². The standard InChI is InChI=1S/C36H37IO6S2/c1-35(2,3)26-18-22-28(23-19-26)37(29-24-20-27(21-25-29)36(4,5)6)43-45(40,41)34-17-11-14-31-32(34)15-10-16-33(31)42-44(38,39)30-12-8-7-9-13-30/h7-25H,1-6H3/q+1. The molecule has 0 bridgehead atoms. The second-order valence-electron chi connectivity index (χ2n) is 12.7. The lowest BCUT2D eigenvalue weighted by Gasteiger charge is -2.19. The number of rotatable bonds is 8. The van der Waals surface area contributed by atoms with E-state index >= 15 is 0 Å². The molecule has 0 aliphatic heterocycles. The average Bonchev–Trinajstić information content (AvgIpc) is 2.99. The molecule has 0 aliphatic rings. The van der Waals surface area contributed by atoms with Crippen LogP contribution < -0.4 is 24.4 Å². The number of halogens is 1. The van der Waals surface area contributed by atoms with Gasteiger partial charge in [0, 0.05) is 10.8 Å². The van der Waals surface area contributed by atoms with Crippen molar-refractivity contribution >= 4 is 31.0 Å². The van der Waals surface area contributed by atoms with E-state index in [1.807, 2.05) is 48.5 Å². The van der Waals surface area contributed by atoms with Gasteiger partial charge in [0.05, 0.1) is 0 Å². The van der Waals surface area contributed by atoms with Crippen LogP contribution in [-0.2, 0) is 33.6 Å². The van der Waals surface area contributed by atoms with E-state index in [0.717, 1.165) is 18.3 Å². The van der Waals surface area contributed by atoms with Crippen LogP contribution in [0.1, 0.15) is 52.7 Å². The van der Waals surface area contributed by atoms with Crippen molar-refractivity contribution < 1.29 is 43.8 Å². The van der Waals surface area contributed by atoms with Gasteiger partial charge in [-0.1, -0.05) is 108 Å². The molecule has 0 atom stereocenters. The smallest absolute Gasteiger partial charge is 0.339 e. The molecule has 1 radical (unpaired) electrons. The van der Waals surface area contributed by atoms with Gasteiger partial charge in [-0.3, -0.25) is 0 Å². The van der Waals surface area contributed by atoms with Crippen LogP contribution in [0.25, 0.3) is 10.8 Å². The summed E-state index contributed by atoms with van der Waals surface area (Å²) < 4.78 is 67.7. The van der Waals surface area contributed by atoms with Crippen LogP contribution in [0.3, 0.4) is 0 Å². The average molecular weight is 757 g/mol. The Labute approximate surface area is 274 Å². The Hall–Kier alpha value is -3.25. The Morgan fingerprint density at radius 2 is 1.00 bits per heavy atom. The first-order valence-corrected chi connectivity index (χ1v) is 20.3. The third-order valence-electron chi connectivity index (χ3n) is 7.31. The fourth-order valence-corrected chi connectivity index (χ4v) is 12.8. The second-order valence-corrected chi connectivity index (χ2v) is 20.7. The summed E-state index contributed by atoms with van der Waals surface area (Å²) in [5, 5.41) is 0.645. The maximum atomic E-state index is 14.1. The van der Waals surface area contributed by atoms with E-state index < -0.39 is 40.5 Å². The van der Waals surface area contributed by atoms with Crippen LogP contribution in [0.4, 0.5) is 0 Å². The normalized spacial score (nSPS) is 12.9. The molecule has 0 saturated heterocycles. The number of fused-ring (bicyclic) bond motifs is 1. The predicted octanol–water partition coefficient (Wildman–Crippen LogP) is 5.19. The fourth-order valence-electron chi connectivity index (χ4n) is 4.74. The molecule has 0 N–H and O–H groups in total. The summed E-state index contributed by atoms with van der Waals surface area (Å²) >= 11 is -3.02. The second kappa shape index (κ2) is 12.5. The van der Waals surface area contributed by atoms with Crippen molar-refractivity contribution in [1.29, 1.82) is 0 Å². The number of hydrogen-bond donors (Lipinski definition) is 0. The van der Waals surface area contributed by atoms with Gasteiger partial charge in [-0.15, -0.1) is 0 Å². The highest BCUT2D eigenvalue weighted by molar-refractivity contribution is 7.87. The van der Waals surface area contributed by atoms with Crippen LogP contribution >= 0.6 is 0 Å². The molecule has 45 heavy (non-hydrogen) atoms. The molecule has 0 spiro atoms. The largest absolute Gasteiger partial charge is 0.378 e. The lowest BCUT2D eigenvalue weighted by Crippen LogP contribution is -3.85. The quantitative estimate of drug-likeness (QED) is 0.160. The molecule has 0 unspecified atom stereocenters. The van der Waals surface area contributed by atoms with Gasteiger partial charge in [-0.25, -0.2) is 0 Å². The molecular formula is C36H37IO6S2+. The molecule has 5 rings (SSSR count). The van der Waals surface area contributed by atoms with E-state index in [2.05, 4.69) is 41.5 Å². The van der Waals surface area contributed by atoms with Gasteiger partial charge in [0.25, 0.3) is 0 Å². The molecule has 5 aromatic carbocycles. The topological polar surface area (TPSA) is 86.7 Å². The monoisotopic (exact) mass is 756 g/mol. The van der Waals surface area contributed by atoms with Crippen LogP contribution in [0.2, 0.25) is 0 Å². The molecule has 0 saturated carbocycles. The highest BCUT2D eigenvalue weighted by Gasteiger charge is 2.39. The number of hydrogen-bond acceptors (Lipinski definition) is 6. The Morgan fingerprint density at radius 3 is 1.51 bits per heavy atom. The van der Waals surface area contributed by atoms with E-state index in [-0.39, 0.29) is 26.4 Å². The Morgan fingerprint density at radius 1 is 0.511 bits per heavy atom. The van der Waals surface area contributed by atoms with E-state index in [9.17, 15) is 16.8 Å². The van der Waals surface area contributed by atoms with E-state index in [1.165, 1.54) is 24.3 Å².